The summed E-state index contributed by atoms with van der Waals surface area (Å²) in [4.78, 5) is 7.55. The van der Waals surface area contributed by atoms with E-state index < -0.39 is 0 Å². The van der Waals surface area contributed by atoms with Gasteiger partial charge in [0.2, 0.25) is 0 Å². The van der Waals surface area contributed by atoms with Gasteiger partial charge >= 0.3 is 0 Å². The van der Waals surface area contributed by atoms with E-state index in [0.29, 0.717) is 14.8 Å². The molecule has 0 saturated carbocycles. The summed E-state index contributed by atoms with van der Waals surface area (Å²) in [5.41, 5.74) is 2.91. The van der Waals surface area contributed by atoms with E-state index >= 15 is 0 Å². The summed E-state index contributed by atoms with van der Waals surface area (Å²) >= 11 is 17.7. The fourth-order valence-electron chi connectivity index (χ4n) is 2.45. The van der Waals surface area contributed by atoms with Crippen molar-refractivity contribution >= 4 is 41.2 Å². The summed E-state index contributed by atoms with van der Waals surface area (Å²) in [7, 11) is 0. The molecule has 104 valence electrons. The van der Waals surface area contributed by atoms with E-state index in [-0.39, 0.29) is 0 Å². The number of rotatable bonds is 1. The zero-order valence-electron chi connectivity index (χ0n) is 10.7. The molecule has 20 heavy (non-hydrogen) atoms. The van der Waals surface area contributed by atoms with E-state index in [1.807, 2.05) is 12.1 Å². The summed E-state index contributed by atoms with van der Waals surface area (Å²) in [6.07, 6.45) is 3.17. The monoisotopic (exact) mass is 325 g/mol. The van der Waals surface area contributed by atoms with Gasteiger partial charge in [0.15, 0.2) is 4.77 Å². The van der Waals surface area contributed by atoms with Crippen LogP contribution in [0.3, 0.4) is 0 Å². The summed E-state index contributed by atoms with van der Waals surface area (Å²) in [6, 6.07) is 5.61. The first-order valence-corrected chi connectivity index (χ1v) is 7.64. The molecule has 2 heterocycles. The quantitative estimate of drug-likeness (QED) is 0.735. The van der Waals surface area contributed by atoms with Crippen LogP contribution in [-0.4, -0.2) is 16.5 Å². The van der Waals surface area contributed by atoms with E-state index in [0.717, 1.165) is 48.4 Å². The Hall–Kier alpha value is -1.10. The zero-order valence-corrected chi connectivity index (χ0v) is 13.0. The molecular formula is C14H13Cl2N3S. The lowest BCUT2D eigenvalue weighted by Gasteiger charge is -2.14. The molecule has 0 unspecified atom stereocenters. The molecule has 6 heteroatoms. The predicted octanol–water partition coefficient (Wildman–Crippen LogP) is 4.86. The SMILES string of the molecule is S=c1nc2c(c(-c3cccc(Cl)c3Cl)[nH]1)CCCCN2. The first kappa shape index (κ1) is 13.9. The molecule has 0 saturated heterocycles. The van der Waals surface area contributed by atoms with Crippen LogP contribution < -0.4 is 5.32 Å². The molecule has 0 fully saturated rings. The van der Waals surface area contributed by atoms with E-state index in [4.69, 9.17) is 35.4 Å². The maximum absolute atomic E-state index is 6.34. The van der Waals surface area contributed by atoms with Crippen molar-refractivity contribution in [1.29, 1.82) is 0 Å². The molecular weight excluding hydrogens is 313 g/mol. The fourth-order valence-corrected chi connectivity index (χ4v) is 3.04. The Labute approximate surface area is 132 Å². The Morgan fingerprint density at radius 1 is 1.20 bits per heavy atom. The van der Waals surface area contributed by atoms with E-state index in [1.54, 1.807) is 6.07 Å². The van der Waals surface area contributed by atoms with Crippen LogP contribution in [0.4, 0.5) is 5.82 Å². The minimum Gasteiger partial charge on any atom is -0.370 e. The van der Waals surface area contributed by atoms with Crippen molar-refractivity contribution in [2.45, 2.75) is 19.3 Å². The predicted molar refractivity (Wildman–Crippen MR) is 86.3 cm³/mol. The Bertz CT molecular complexity index is 712. The lowest BCUT2D eigenvalue weighted by molar-refractivity contribution is 0.785. The Kier molecular flexibility index (Phi) is 3.96. The second-order valence-corrected chi connectivity index (χ2v) is 5.90. The minimum absolute atomic E-state index is 0.448. The Balaban J connectivity index is 2.25. The summed E-state index contributed by atoms with van der Waals surface area (Å²) in [6.45, 7) is 0.918. The second kappa shape index (κ2) is 5.72. The normalized spacial score (nSPS) is 14.3. The van der Waals surface area contributed by atoms with Crippen LogP contribution in [0, 0.1) is 4.77 Å². The first-order valence-electron chi connectivity index (χ1n) is 6.48. The lowest BCUT2D eigenvalue weighted by Crippen LogP contribution is -2.05. The van der Waals surface area contributed by atoms with E-state index in [1.165, 1.54) is 0 Å². The highest BCUT2D eigenvalue weighted by Crippen LogP contribution is 2.36. The first-order chi connectivity index (χ1) is 9.66. The van der Waals surface area contributed by atoms with Gasteiger partial charge in [-0.05, 0) is 37.5 Å². The van der Waals surface area contributed by atoms with Crippen LogP contribution in [0.15, 0.2) is 18.2 Å². The number of fused-ring (bicyclic) bond motifs is 1. The molecule has 2 aromatic rings. The molecule has 0 spiro atoms. The molecule has 1 aliphatic rings. The topological polar surface area (TPSA) is 40.7 Å². The van der Waals surface area contributed by atoms with Crippen molar-refractivity contribution in [2.75, 3.05) is 11.9 Å². The number of aromatic amines is 1. The molecule has 2 N–H and O–H groups in total. The smallest absolute Gasteiger partial charge is 0.199 e. The van der Waals surface area contributed by atoms with Gasteiger partial charge in [0.1, 0.15) is 5.82 Å². The van der Waals surface area contributed by atoms with Gasteiger partial charge < -0.3 is 10.3 Å². The van der Waals surface area contributed by atoms with Crippen LogP contribution in [0.5, 0.6) is 0 Å². The third kappa shape index (κ3) is 2.55. The van der Waals surface area contributed by atoms with E-state index in [2.05, 4.69) is 15.3 Å². The molecule has 1 aliphatic heterocycles. The van der Waals surface area contributed by atoms with Gasteiger partial charge in [0.05, 0.1) is 15.7 Å². The van der Waals surface area contributed by atoms with Gasteiger partial charge in [-0.2, -0.15) is 0 Å². The molecule has 1 aromatic heterocycles. The molecule has 0 radical (unpaired) electrons. The number of hydrogen-bond donors (Lipinski definition) is 2. The number of hydrogen-bond acceptors (Lipinski definition) is 3. The van der Waals surface area contributed by atoms with E-state index in [9.17, 15) is 0 Å². The van der Waals surface area contributed by atoms with Gasteiger partial charge in [-0.15, -0.1) is 0 Å². The van der Waals surface area contributed by atoms with Crippen LogP contribution in [0.1, 0.15) is 18.4 Å². The number of halogens is 2. The second-order valence-electron chi connectivity index (χ2n) is 4.73. The number of nitrogens with zero attached hydrogens (tertiary/aromatic N) is 1. The number of benzene rings is 1. The molecule has 3 rings (SSSR count). The maximum Gasteiger partial charge on any atom is 0.199 e. The summed E-state index contributed by atoms with van der Waals surface area (Å²) < 4.78 is 0.448. The van der Waals surface area contributed by atoms with Crippen LogP contribution in [-0.2, 0) is 6.42 Å². The van der Waals surface area contributed by atoms with Crippen molar-refractivity contribution in [3.63, 3.8) is 0 Å². The Morgan fingerprint density at radius 2 is 2.05 bits per heavy atom. The average Bonchev–Trinajstić information content (AvgIpc) is 2.66. The largest absolute Gasteiger partial charge is 0.370 e. The van der Waals surface area contributed by atoms with Crippen LogP contribution in [0.25, 0.3) is 11.3 Å². The highest BCUT2D eigenvalue weighted by molar-refractivity contribution is 7.71. The zero-order chi connectivity index (χ0) is 14.1. The van der Waals surface area contributed by atoms with Gasteiger partial charge in [0, 0.05) is 17.7 Å². The van der Waals surface area contributed by atoms with Crippen molar-refractivity contribution in [3.05, 3.63) is 38.6 Å². The van der Waals surface area contributed by atoms with Crippen LogP contribution >= 0.6 is 35.4 Å². The number of H-pyrrole nitrogens is 1. The molecule has 0 atom stereocenters. The third-order valence-corrected chi connectivity index (χ3v) is 4.41. The molecule has 0 aliphatic carbocycles. The summed E-state index contributed by atoms with van der Waals surface area (Å²) in [5, 5.41) is 4.41. The highest BCUT2D eigenvalue weighted by Gasteiger charge is 2.17. The molecule has 0 amide bonds. The number of aromatic nitrogens is 2. The molecule has 0 bridgehead atoms. The molecule has 3 nitrogen and oxygen atoms in total. The number of nitrogens with one attached hydrogen (secondary N) is 2. The number of anilines is 1. The summed E-state index contributed by atoms with van der Waals surface area (Å²) in [5.74, 6) is 0.859. The average molecular weight is 326 g/mol. The third-order valence-electron chi connectivity index (χ3n) is 3.40. The Morgan fingerprint density at radius 3 is 2.90 bits per heavy atom. The van der Waals surface area contributed by atoms with Crippen molar-refractivity contribution in [3.8, 4) is 11.3 Å². The fraction of sp³-hybridized carbons (Fsp3) is 0.286. The van der Waals surface area contributed by atoms with Gasteiger partial charge in [-0.1, -0.05) is 35.3 Å². The van der Waals surface area contributed by atoms with Gasteiger partial charge in [-0.25, -0.2) is 4.98 Å². The lowest BCUT2D eigenvalue weighted by atomic mass is 10.0. The van der Waals surface area contributed by atoms with Crippen molar-refractivity contribution in [1.82, 2.24) is 9.97 Å². The van der Waals surface area contributed by atoms with Gasteiger partial charge in [-0.3, -0.25) is 0 Å². The van der Waals surface area contributed by atoms with Crippen molar-refractivity contribution in [2.24, 2.45) is 0 Å². The molecule has 1 aromatic carbocycles. The standard InChI is InChI=1S/C14H13Cl2N3S/c15-10-6-3-5-8(11(10)16)12-9-4-1-2-7-17-13(9)19-14(20)18-12/h3,5-6H,1-2,4,7H2,(H2,17,18,19,20). The highest BCUT2D eigenvalue weighted by atomic mass is 35.5. The maximum atomic E-state index is 6.34. The van der Waals surface area contributed by atoms with Crippen molar-refractivity contribution < 1.29 is 0 Å². The van der Waals surface area contributed by atoms with Crippen LogP contribution in [0.2, 0.25) is 10.0 Å². The van der Waals surface area contributed by atoms with Gasteiger partial charge in [0.25, 0.3) is 0 Å². The minimum atomic E-state index is 0.448.